The number of rotatable bonds is 8. The number of amides is 1. The number of nitrogens with one attached hydrogen (secondary N) is 1. The number of carboxylic acid groups (broad SMARTS) is 1. The highest BCUT2D eigenvalue weighted by molar-refractivity contribution is 5.91. The van der Waals surface area contributed by atoms with Gasteiger partial charge in [-0.25, -0.2) is 14.0 Å². The Bertz CT molecular complexity index is 1650. The standard InChI is InChI=1S/C31H24FN3O5/c1-35-29(34-31(38)39-19-20-5-3-2-4-6-20)27(18-33-35)23-9-7-21(8-10-23)22-11-14-25(15-12-22)40-28-17-24(32)13-16-26(28)30(36)37/h2-18H,19H2,1H3,(H,34,38)(H,36,37). The van der Waals surface area contributed by atoms with E-state index in [9.17, 15) is 19.1 Å². The summed E-state index contributed by atoms with van der Waals surface area (Å²) in [6, 6.07) is 27.4. The van der Waals surface area contributed by atoms with Crippen molar-refractivity contribution in [3.8, 4) is 33.8 Å². The Labute approximate surface area is 229 Å². The predicted octanol–water partition coefficient (Wildman–Crippen LogP) is 7.13. The largest absolute Gasteiger partial charge is 0.478 e. The van der Waals surface area contributed by atoms with Crippen molar-refractivity contribution >= 4 is 17.9 Å². The number of benzene rings is 4. The summed E-state index contributed by atoms with van der Waals surface area (Å²) in [4.78, 5) is 23.9. The van der Waals surface area contributed by atoms with Gasteiger partial charge in [0.05, 0.1) is 6.20 Å². The van der Waals surface area contributed by atoms with Crippen molar-refractivity contribution in [1.82, 2.24) is 9.78 Å². The first-order valence-electron chi connectivity index (χ1n) is 12.3. The third kappa shape index (κ3) is 5.99. The van der Waals surface area contributed by atoms with Crippen LogP contribution in [0.2, 0.25) is 0 Å². The summed E-state index contributed by atoms with van der Waals surface area (Å²) >= 11 is 0. The topological polar surface area (TPSA) is 103 Å². The number of carbonyl (C=O) groups is 2. The highest BCUT2D eigenvalue weighted by atomic mass is 19.1. The number of anilines is 1. The van der Waals surface area contributed by atoms with E-state index in [-0.39, 0.29) is 17.9 Å². The van der Waals surface area contributed by atoms with Gasteiger partial charge in [-0.2, -0.15) is 5.10 Å². The summed E-state index contributed by atoms with van der Waals surface area (Å²) < 4.78 is 26.2. The molecule has 0 atom stereocenters. The zero-order valence-corrected chi connectivity index (χ0v) is 21.4. The Kier molecular flexibility index (Phi) is 7.54. The van der Waals surface area contributed by atoms with Gasteiger partial charge in [-0.1, -0.05) is 66.7 Å². The lowest BCUT2D eigenvalue weighted by Crippen LogP contribution is -2.16. The predicted molar refractivity (Wildman–Crippen MR) is 148 cm³/mol. The lowest BCUT2D eigenvalue weighted by Gasteiger charge is -2.11. The van der Waals surface area contributed by atoms with Crippen molar-refractivity contribution < 1.29 is 28.6 Å². The molecule has 0 unspecified atom stereocenters. The molecule has 0 aliphatic carbocycles. The fraction of sp³-hybridized carbons (Fsp3) is 0.0645. The van der Waals surface area contributed by atoms with Crippen LogP contribution < -0.4 is 10.1 Å². The van der Waals surface area contributed by atoms with Crippen molar-refractivity contribution in [2.24, 2.45) is 7.05 Å². The molecule has 5 aromatic rings. The van der Waals surface area contributed by atoms with Crippen LogP contribution in [0.15, 0.2) is 103 Å². The van der Waals surface area contributed by atoms with Gasteiger partial charge in [-0.3, -0.25) is 10.00 Å². The fourth-order valence-electron chi connectivity index (χ4n) is 4.09. The molecule has 1 heterocycles. The average Bonchev–Trinajstić information content (AvgIpc) is 3.32. The lowest BCUT2D eigenvalue weighted by molar-refractivity contribution is 0.0694. The minimum absolute atomic E-state index is 0.0746. The molecule has 2 N–H and O–H groups in total. The number of nitrogens with zero attached hydrogens (tertiary/aromatic N) is 2. The molecular weight excluding hydrogens is 513 g/mol. The molecule has 5 rings (SSSR count). The van der Waals surface area contributed by atoms with Crippen LogP contribution in [0.1, 0.15) is 15.9 Å². The quantitative estimate of drug-likeness (QED) is 0.218. The first-order chi connectivity index (χ1) is 19.4. The van der Waals surface area contributed by atoms with Crippen LogP contribution in [0.3, 0.4) is 0 Å². The molecule has 0 bridgehead atoms. The third-order valence-electron chi connectivity index (χ3n) is 6.16. The number of halogens is 1. The molecule has 4 aromatic carbocycles. The lowest BCUT2D eigenvalue weighted by atomic mass is 10.0. The van der Waals surface area contributed by atoms with Gasteiger partial charge in [-0.15, -0.1) is 0 Å². The van der Waals surface area contributed by atoms with E-state index in [1.54, 1.807) is 30.1 Å². The Hall–Kier alpha value is -5.44. The summed E-state index contributed by atoms with van der Waals surface area (Å²) in [5, 5.41) is 16.4. The number of carboxylic acids is 1. The zero-order valence-electron chi connectivity index (χ0n) is 21.4. The first-order valence-corrected chi connectivity index (χ1v) is 12.3. The summed E-state index contributed by atoms with van der Waals surface area (Å²) in [5.74, 6) is -0.992. The smallest absolute Gasteiger partial charge is 0.413 e. The molecule has 0 aliphatic heterocycles. The summed E-state index contributed by atoms with van der Waals surface area (Å²) in [7, 11) is 1.73. The fourth-order valence-corrected chi connectivity index (χ4v) is 4.09. The van der Waals surface area contributed by atoms with Gasteiger partial charge in [-0.05, 0) is 46.5 Å². The molecule has 0 saturated heterocycles. The minimum Gasteiger partial charge on any atom is -0.478 e. The highest BCUT2D eigenvalue weighted by Crippen LogP contribution is 2.32. The van der Waals surface area contributed by atoms with E-state index in [4.69, 9.17) is 9.47 Å². The molecule has 0 fully saturated rings. The van der Waals surface area contributed by atoms with Crippen LogP contribution >= 0.6 is 0 Å². The molecule has 0 radical (unpaired) electrons. The van der Waals surface area contributed by atoms with Gasteiger partial charge in [0, 0.05) is 18.7 Å². The maximum atomic E-state index is 13.6. The second kappa shape index (κ2) is 11.5. The summed E-state index contributed by atoms with van der Waals surface area (Å²) in [6.45, 7) is 0.154. The van der Waals surface area contributed by atoms with Gasteiger partial charge < -0.3 is 14.6 Å². The molecule has 1 amide bonds. The van der Waals surface area contributed by atoms with Crippen LogP contribution in [0.25, 0.3) is 22.3 Å². The molecule has 0 aliphatic rings. The van der Waals surface area contributed by atoms with Crippen LogP contribution in [-0.2, 0) is 18.4 Å². The average molecular weight is 538 g/mol. The summed E-state index contributed by atoms with van der Waals surface area (Å²) in [6.07, 6.45) is 1.09. The van der Waals surface area contributed by atoms with E-state index in [2.05, 4.69) is 10.4 Å². The van der Waals surface area contributed by atoms with Crippen LogP contribution in [-0.4, -0.2) is 26.9 Å². The van der Waals surface area contributed by atoms with Crippen molar-refractivity contribution in [2.75, 3.05) is 5.32 Å². The van der Waals surface area contributed by atoms with E-state index in [0.29, 0.717) is 11.6 Å². The van der Waals surface area contributed by atoms with Crippen molar-refractivity contribution in [3.63, 3.8) is 0 Å². The zero-order chi connectivity index (χ0) is 28.1. The third-order valence-corrected chi connectivity index (χ3v) is 6.16. The van der Waals surface area contributed by atoms with Gasteiger partial charge in [0.1, 0.15) is 35.3 Å². The molecule has 9 heteroatoms. The van der Waals surface area contributed by atoms with E-state index in [1.165, 1.54) is 6.07 Å². The maximum absolute atomic E-state index is 13.6. The molecule has 0 saturated carbocycles. The molecular formula is C31H24FN3O5. The molecule has 200 valence electrons. The van der Waals surface area contributed by atoms with E-state index >= 15 is 0 Å². The maximum Gasteiger partial charge on any atom is 0.413 e. The van der Waals surface area contributed by atoms with Crippen molar-refractivity contribution in [1.29, 1.82) is 0 Å². The van der Waals surface area contributed by atoms with Gasteiger partial charge in [0.15, 0.2) is 0 Å². The number of ether oxygens (including phenoxy) is 2. The van der Waals surface area contributed by atoms with Crippen LogP contribution in [0, 0.1) is 5.82 Å². The highest BCUT2D eigenvalue weighted by Gasteiger charge is 2.16. The first kappa shape index (κ1) is 26.2. The van der Waals surface area contributed by atoms with Crippen molar-refractivity contribution in [3.05, 3.63) is 120 Å². The van der Waals surface area contributed by atoms with Crippen molar-refractivity contribution in [2.45, 2.75) is 6.61 Å². The number of carbonyl (C=O) groups excluding carboxylic acids is 1. The second-order valence-corrected chi connectivity index (χ2v) is 8.87. The van der Waals surface area contributed by atoms with E-state index < -0.39 is 17.9 Å². The number of aromatic carboxylic acids is 1. The SMILES string of the molecule is Cn1ncc(-c2ccc(-c3ccc(Oc4cc(F)ccc4C(=O)O)cc3)cc2)c1NC(=O)OCc1ccccc1. The molecule has 8 nitrogen and oxygen atoms in total. The van der Waals surface area contributed by atoms with Gasteiger partial charge in [0.2, 0.25) is 0 Å². The van der Waals surface area contributed by atoms with Crippen LogP contribution in [0.4, 0.5) is 15.0 Å². The number of aryl methyl sites for hydroxylation is 1. The second-order valence-electron chi connectivity index (χ2n) is 8.87. The van der Waals surface area contributed by atoms with Crippen LogP contribution in [0.5, 0.6) is 11.5 Å². The number of hydrogen-bond acceptors (Lipinski definition) is 5. The Morgan fingerprint density at radius 3 is 2.23 bits per heavy atom. The Balaban J connectivity index is 1.27. The Morgan fingerprint density at radius 1 is 0.900 bits per heavy atom. The van der Waals surface area contributed by atoms with E-state index in [0.717, 1.165) is 39.9 Å². The monoisotopic (exact) mass is 537 g/mol. The number of hydrogen-bond donors (Lipinski definition) is 2. The summed E-state index contributed by atoms with van der Waals surface area (Å²) in [5.41, 5.74) is 4.16. The molecule has 0 spiro atoms. The van der Waals surface area contributed by atoms with Gasteiger partial charge >= 0.3 is 12.1 Å². The normalized spacial score (nSPS) is 10.7. The van der Waals surface area contributed by atoms with Gasteiger partial charge in [0.25, 0.3) is 0 Å². The minimum atomic E-state index is -1.21. The number of aromatic nitrogens is 2. The Morgan fingerprint density at radius 2 is 1.55 bits per heavy atom. The molecule has 1 aromatic heterocycles. The van der Waals surface area contributed by atoms with E-state index in [1.807, 2.05) is 66.7 Å². The molecule has 40 heavy (non-hydrogen) atoms.